The Hall–Kier alpha value is -2.91. The van der Waals surface area contributed by atoms with Gasteiger partial charge in [-0.25, -0.2) is 4.79 Å². The van der Waals surface area contributed by atoms with Crippen LogP contribution in [0.15, 0.2) is 72.8 Å². The predicted octanol–water partition coefficient (Wildman–Crippen LogP) is 8.96. The molecule has 3 aromatic carbocycles. The quantitative estimate of drug-likeness (QED) is 0.133. The van der Waals surface area contributed by atoms with Crippen LogP contribution in [0.5, 0.6) is 5.75 Å². The molecular weight excluding hydrogens is 432 g/mol. The zero-order valence-corrected chi connectivity index (χ0v) is 21.6. The number of ether oxygens (including phenoxy) is 2. The lowest BCUT2D eigenvalue weighted by Gasteiger charge is -2.14. The highest BCUT2D eigenvalue weighted by molar-refractivity contribution is 5.91. The van der Waals surface area contributed by atoms with Crippen molar-refractivity contribution in [2.24, 2.45) is 0 Å². The van der Waals surface area contributed by atoms with Gasteiger partial charge in [0.25, 0.3) is 0 Å². The van der Waals surface area contributed by atoms with Crippen molar-refractivity contribution in [3.05, 3.63) is 89.5 Å². The third-order valence-corrected chi connectivity index (χ3v) is 6.37. The maximum absolute atomic E-state index is 12.6. The summed E-state index contributed by atoms with van der Waals surface area (Å²) in [6.07, 6.45) is 9.82. The fourth-order valence-electron chi connectivity index (χ4n) is 4.16. The summed E-state index contributed by atoms with van der Waals surface area (Å²) in [5.74, 6) is 0.187. The third-order valence-electron chi connectivity index (χ3n) is 6.37. The molecule has 0 aromatic heterocycles. The minimum atomic E-state index is -0.352. The van der Waals surface area contributed by atoms with Gasteiger partial charge in [-0.05, 0) is 66.3 Å². The van der Waals surface area contributed by atoms with Gasteiger partial charge < -0.3 is 9.47 Å². The van der Waals surface area contributed by atoms with Crippen LogP contribution in [0.1, 0.15) is 93.3 Å². The molecule has 0 aliphatic rings. The van der Waals surface area contributed by atoms with Crippen molar-refractivity contribution in [3.8, 4) is 16.9 Å². The van der Waals surface area contributed by atoms with Gasteiger partial charge in [-0.15, -0.1) is 0 Å². The number of unbranched alkanes of at least 4 members (excludes halogenated alkanes) is 5. The Balaban J connectivity index is 1.47. The molecule has 0 radical (unpaired) electrons. The first-order valence-electron chi connectivity index (χ1n) is 13.2. The van der Waals surface area contributed by atoms with Crippen molar-refractivity contribution in [2.75, 3.05) is 6.61 Å². The first-order valence-corrected chi connectivity index (χ1v) is 13.2. The molecule has 3 rings (SSSR count). The second-order valence-corrected chi connectivity index (χ2v) is 9.26. The molecule has 1 atom stereocenters. The fourth-order valence-corrected chi connectivity index (χ4v) is 4.16. The predicted molar refractivity (Wildman–Crippen MR) is 145 cm³/mol. The lowest BCUT2D eigenvalue weighted by atomic mass is 10.0. The van der Waals surface area contributed by atoms with Gasteiger partial charge >= 0.3 is 5.97 Å². The lowest BCUT2D eigenvalue weighted by molar-refractivity contribution is 0.0627. The number of aryl methyl sites for hydroxylation is 1. The van der Waals surface area contributed by atoms with Crippen LogP contribution >= 0.6 is 0 Å². The Kier molecular flexibility index (Phi) is 11.0. The summed E-state index contributed by atoms with van der Waals surface area (Å²) in [6, 6.07) is 23.8. The first-order chi connectivity index (χ1) is 17.1. The lowest BCUT2D eigenvalue weighted by Crippen LogP contribution is -2.08. The van der Waals surface area contributed by atoms with Gasteiger partial charge in [0, 0.05) is 6.61 Å². The Morgan fingerprint density at radius 3 is 1.94 bits per heavy atom. The van der Waals surface area contributed by atoms with Gasteiger partial charge in [-0.3, -0.25) is 0 Å². The molecule has 0 amide bonds. The summed E-state index contributed by atoms with van der Waals surface area (Å²) < 4.78 is 11.6. The van der Waals surface area contributed by atoms with Crippen molar-refractivity contribution in [1.82, 2.24) is 0 Å². The molecule has 3 nitrogen and oxygen atoms in total. The second kappa shape index (κ2) is 14.5. The van der Waals surface area contributed by atoms with Crippen molar-refractivity contribution in [3.63, 3.8) is 0 Å². The minimum Gasteiger partial charge on any atom is -0.423 e. The van der Waals surface area contributed by atoms with Crippen LogP contribution in [0.2, 0.25) is 0 Å². The van der Waals surface area contributed by atoms with Gasteiger partial charge in [0.1, 0.15) is 5.75 Å². The summed E-state index contributed by atoms with van der Waals surface area (Å²) >= 11 is 0. The maximum Gasteiger partial charge on any atom is 0.343 e. The van der Waals surface area contributed by atoms with Crippen LogP contribution in [-0.4, -0.2) is 12.6 Å². The van der Waals surface area contributed by atoms with Gasteiger partial charge in [-0.2, -0.15) is 0 Å². The number of esters is 1. The van der Waals surface area contributed by atoms with Crippen LogP contribution < -0.4 is 4.74 Å². The van der Waals surface area contributed by atoms with Crippen LogP contribution in [0, 0.1) is 0 Å². The van der Waals surface area contributed by atoms with E-state index in [0.29, 0.717) is 11.3 Å². The van der Waals surface area contributed by atoms with E-state index in [9.17, 15) is 4.79 Å². The van der Waals surface area contributed by atoms with E-state index in [1.165, 1.54) is 37.7 Å². The van der Waals surface area contributed by atoms with Crippen molar-refractivity contribution in [1.29, 1.82) is 0 Å². The number of rotatable bonds is 14. The molecule has 0 saturated carbocycles. The Morgan fingerprint density at radius 2 is 1.31 bits per heavy atom. The molecule has 0 aliphatic carbocycles. The number of hydrogen-bond acceptors (Lipinski definition) is 3. The molecule has 0 fully saturated rings. The highest BCUT2D eigenvalue weighted by atomic mass is 16.5. The van der Waals surface area contributed by atoms with Crippen molar-refractivity contribution >= 4 is 5.97 Å². The number of benzene rings is 3. The number of carbonyl (C=O) groups is 1. The molecule has 3 heteroatoms. The first kappa shape index (κ1) is 26.7. The van der Waals surface area contributed by atoms with E-state index in [2.05, 4.69) is 45.0 Å². The van der Waals surface area contributed by atoms with Gasteiger partial charge in [0.15, 0.2) is 0 Å². The minimum absolute atomic E-state index is 0.0268. The van der Waals surface area contributed by atoms with E-state index in [1.54, 1.807) is 0 Å². The molecule has 186 valence electrons. The molecule has 0 aliphatic heterocycles. The van der Waals surface area contributed by atoms with E-state index in [4.69, 9.17) is 9.47 Å². The maximum atomic E-state index is 12.6. The smallest absolute Gasteiger partial charge is 0.343 e. The molecule has 0 saturated heterocycles. The van der Waals surface area contributed by atoms with Crippen LogP contribution in [0.25, 0.3) is 11.1 Å². The van der Waals surface area contributed by atoms with E-state index in [0.717, 1.165) is 42.6 Å². The third kappa shape index (κ3) is 8.67. The largest absolute Gasteiger partial charge is 0.423 e. The number of carbonyl (C=O) groups excluding carboxylic acids is 1. The van der Waals surface area contributed by atoms with Gasteiger partial charge in [0.2, 0.25) is 0 Å². The standard InChI is InChI=1S/C32H40O3/c1-4-6-7-8-9-10-24-34-25(3)27-20-22-31(23-21-27)35-32(33)30-18-16-29(17-19-30)28-14-12-26(11-5-2)13-15-28/h12-23,25H,4-11,24H2,1-3H3. The molecule has 0 heterocycles. The van der Waals surface area contributed by atoms with E-state index < -0.39 is 0 Å². The molecule has 0 spiro atoms. The van der Waals surface area contributed by atoms with Crippen molar-refractivity contribution in [2.45, 2.75) is 78.2 Å². The molecule has 0 bridgehead atoms. The molecule has 3 aromatic rings. The second-order valence-electron chi connectivity index (χ2n) is 9.26. The van der Waals surface area contributed by atoms with Crippen LogP contribution in [0.4, 0.5) is 0 Å². The molecule has 1 unspecified atom stereocenters. The summed E-state index contributed by atoms with van der Waals surface area (Å²) in [5, 5.41) is 0. The van der Waals surface area contributed by atoms with E-state index in [-0.39, 0.29) is 12.1 Å². The van der Waals surface area contributed by atoms with E-state index >= 15 is 0 Å². The average molecular weight is 473 g/mol. The summed E-state index contributed by atoms with van der Waals surface area (Å²) in [6.45, 7) is 7.27. The highest BCUT2D eigenvalue weighted by Crippen LogP contribution is 2.23. The normalized spacial score (nSPS) is 11.9. The Bertz CT molecular complexity index is 1000. The number of hydrogen-bond donors (Lipinski definition) is 0. The Morgan fingerprint density at radius 1 is 0.714 bits per heavy atom. The SMILES string of the molecule is CCCCCCCCOC(C)c1ccc(OC(=O)c2ccc(-c3ccc(CCC)cc3)cc2)cc1. The van der Waals surface area contributed by atoms with Gasteiger partial charge in [0.05, 0.1) is 11.7 Å². The molecule has 0 N–H and O–H groups in total. The topological polar surface area (TPSA) is 35.5 Å². The molecule has 35 heavy (non-hydrogen) atoms. The zero-order valence-electron chi connectivity index (χ0n) is 21.6. The van der Waals surface area contributed by atoms with Crippen LogP contribution in [0.3, 0.4) is 0 Å². The monoisotopic (exact) mass is 472 g/mol. The average Bonchev–Trinajstić information content (AvgIpc) is 2.89. The van der Waals surface area contributed by atoms with Crippen molar-refractivity contribution < 1.29 is 14.3 Å². The summed E-state index contributed by atoms with van der Waals surface area (Å²) in [5.41, 5.74) is 5.21. The summed E-state index contributed by atoms with van der Waals surface area (Å²) in [7, 11) is 0. The fraction of sp³-hybridized carbons (Fsp3) is 0.406. The van der Waals surface area contributed by atoms with Crippen LogP contribution in [-0.2, 0) is 11.2 Å². The summed E-state index contributed by atoms with van der Waals surface area (Å²) in [4.78, 5) is 12.6. The zero-order chi connectivity index (χ0) is 24.9. The molecular formula is C32H40O3. The van der Waals surface area contributed by atoms with Gasteiger partial charge in [-0.1, -0.05) is 101 Å². The Labute approximate surface area is 211 Å². The highest BCUT2D eigenvalue weighted by Gasteiger charge is 2.11. The van der Waals surface area contributed by atoms with E-state index in [1.807, 2.05) is 48.5 Å².